The Bertz CT molecular complexity index is 1270. The summed E-state index contributed by atoms with van der Waals surface area (Å²) in [5.41, 5.74) is 0.566. The van der Waals surface area contributed by atoms with Crippen LogP contribution < -0.4 is 5.32 Å². The van der Waals surface area contributed by atoms with Gasteiger partial charge in [-0.05, 0) is 38.0 Å². The highest BCUT2D eigenvalue weighted by Crippen LogP contribution is 2.26. The molecule has 40 heavy (non-hydrogen) atoms. The molecule has 13 heteroatoms. The number of rotatable bonds is 9. The van der Waals surface area contributed by atoms with Crippen molar-refractivity contribution in [2.45, 2.75) is 50.4 Å². The number of alkyl carbamates (subject to hydrolysis) is 1. The third kappa shape index (κ3) is 7.00. The third-order valence-corrected chi connectivity index (χ3v) is 7.37. The molecule has 0 radical (unpaired) electrons. The van der Waals surface area contributed by atoms with E-state index in [1.807, 2.05) is 38.1 Å². The van der Waals surface area contributed by atoms with Crippen molar-refractivity contribution >= 4 is 30.1 Å². The van der Waals surface area contributed by atoms with Gasteiger partial charge in [-0.3, -0.25) is 9.69 Å². The molecule has 3 N–H and O–H groups in total. The molecule has 2 fully saturated rings. The van der Waals surface area contributed by atoms with E-state index >= 15 is 0 Å². The van der Waals surface area contributed by atoms with Gasteiger partial charge in [0, 0.05) is 30.4 Å². The molecule has 2 aromatic rings. The number of halogens is 1. The summed E-state index contributed by atoms with van der Waals surface area (Å²) < 4.78 is 30.5. The first-order valence-corrected chi connectivity index (χ1v) is 13.2. The van der Waals surface area contributed by atoms with Crippen molar-refractivity contribution in [3.8, 4) is 6.07 Å². The van der Waals surface area contributed by atoms with E-state index in [9.17, 15) is 29.3 Å². The number of nitriles is 1. The number of para-hydroxylation sites is 1. The van der Waals surface area contributed by atoms with Crippen LogP contribution in [0.5, 0.6) is 0 Å². The lowest BCUT2D eigenvalue weighted by molar-refractivity contribution is -0.128. The maximum absolute atomic E-state index is 14.4. The van der Waals surface area contributed by atoms with Crippen LogP contribution in [0.25, 0.3) is 11.0 Å². The molecule has 1 unspecified atom stereocenters. The van der Waals surface area contributed by atoms with Crippen molar-refractivity contribution in [2.24, 2.45) is 0 Å². The number of nitrogens with zero attached hydrogens (tertiary/aromatic N) is 3. The predicted molar refractivity (Wildman–Crippen MR) is 144 cm³/mol. The predicted octanol–water partition coefficient (Wildman–Crippen LogP) is 1.58. The largest absolute Gasteiger partial charge is 0.475 e. The molecule has 2 saturated heterocycles. The first-order chi connectivity index (χ1) is 19.1. The molecule has 214 valence electrons. The first kappa shape index (κ1) is 29.5. The standard InChI is InChI=1S/C27H34BFN4O7/c1-27(2,32-7-9-38-10-8-32)13-19(14-30)25(34)33-15-20(29)12-21(33)17-40-26(35)31-24(28(36)37)11-18-16-39-23-6-4-3-5-22(18)23/h3-6,13,16,20-21,24,36-37H,7-12,15,17H2,1-2H3,(H,31,35)/t20-,21+,24?/m0/s1. The minimum Gasteiger partial charge on any atom is -0.464 e. The number of fused-ring (bicyclic) bond motifs is 1. The van der Waals surface area contributed by atoms with E-state index in [-0.39, 0.29) is 31.6 Å². The zero-order chi connectivity index (χ0) is 28.9. The molecule has 0 bridgehead atoms. The number of furan rings is 1. The zero-order valence-electron chi connectivity index (χ0n) is 22.6. The smallest absolute Gasteiger partial charge is 0.464 e. The lowest BCUT2D eigenvalue weighted by Crippen LogP contribution is -2.49. The van der Waals surface area contributed by atoms with Crippen molar-refractivity contribution in [1.29, 1.82) is 5.26 Å². The highest BCUT2D eigenvalue weighted by atomic mass is 19.1. The van der Waals surface area contributed by atoms with E-state index in [1.54, 1.807) is 12.1 Å². The molecule has 2 aliphatic rings. The van der Waals surface area contributed by atoms with Crippen molar-refractivity contribution in [1.82, 2.24) is 15.1 Å². The summed E-state index contributed by atoms with van der Waals surface area (Å²) >= 11 is 0. The molecule has 3 heterocycles. The molecule has 0 aliphatic carbocycles. The lowest BCUT2D eigenvalue weighted by atomic mass is 9.76. The molecule has 3 atom stereocenters. The van der Waals surface area contributed by atoms with Crippen molar-refractivity contribution in [2.75, 3.05) is 39.5 Å². The summed E-state index contributed by atoms with van der Waals surface area (Å²) in [6.45, 7) is 5.65. The molecule has 1 aromatic heterocycles. The second-order valence-corrected chi connectivity index (χ2v) is 10.6. The maximum atomic E-state index is 14.4. The van der Waals surface area contributed by atoms with Crippen molar-refractivity contribution in [3.63, 3.8) is 0 Å². The summed E-state index contributed by atoms with van der Waals surface area (Å²) in [6, 6.07) is 8.38. The van der Waals surface area contributed by atoms with Crippen LogP contribution in [0.15, 0.2) is 46.6 Å². The van der Waals surface area contributed by atoms with Gasteiger partial charge >= 0.3 is 13.2 Å². The summed E-state index contributed by atoms with van der Waals surface area (Å²) in [6.07, 6.45) is 0.775. The number of alkyl halides is 1. The van der Waals surface area contributed by atoms with Crippen LogP contribution in [-0.4, -0.2) is 102 Å². The highest BCUT2D eigenvalue weighted by Gasteiger charge is 2.39. The number of hydrogen-bond acceptors (Lipinski definition) is 9. The molecular weight excluding hydrogens is 522 g/mol. The molecule has 0 spiro atoms. The van der Waals surface area contributed by atoms with Crippen LogP contribution in [0.4, 0.5) is 9.18 Å². The van der Waals surface area contributed by atoms with Gasteiger partial charge in [0.15, 0.2) is 0 Å². The van der Waals surface area contributed by atoms with Gasteiger partial charge in [-0.15, -0.1) is 0 Å². The van der Waals surface area contributed by atoms with E-state index in [1.165, 1.54) is 11.2 Å². The Balaban J connectivity index is 1.38. The molecule has 0 saturated carbocycles. The summed E-state index contributed by atoms with van der Waals surface area (Å²) in [5, 5.41) is 32.6. The lowest BCUT2D eigenvalue weighted by Gasteiger charge is -2.39. The highest BCUT2D eigenvalue weighted by molar-refractivity contribution is 6.43. The van der Waals surface area contributed by atoms with Crippen LogP contribution in [0.2, 0.25) is 0 Å². The average molecular weight is 556 g/mol. The number of likely N-dealkylation sites (tertiary alicyclic amines) is 1. The molecule has 11 nitrogen and oxygen atoms in total. The third-order valence-electron chi connectivity index (χ3n) is 7.37. The average Bonchev–Trinajstić information content (AvgIpc) is 3.53. The molecule has 4 rings (SSSR count). The number of nitrogens with one attached hydrogen (secondary N) is 1. The monoisotopic (exact) mass is 556 g/mol. The van der Waals surface area contributed by atoms with Crippen molar-refractivity contribution < 1.29 is 37.9 Å². The zero-order valence-corrected chi connectivity index (χ0v) is 22.6. The van der Waals surface area contributed by atoms with Gasteiger partial charge in [-0.2, -0.15) is 5.26 Å². The van der Waals surface area contributed by atoms with E-state index in [2.05, 4.69) is 10.2 Å². The van der Waals surface area contributed by atoms with Gasteiger partial charge < -0.3 is 34.2 Å². The number of benzene rings is 1. The number of carbonyl (C=O) groups excluding carboxylic acids is 2. The normalized spacial score (nSPS) is 21.2. The van der Waals surface area contributed by atoms with Gasteiger partial charge in [0.05, 0.1) is 38.0 Å². The minimum absolute atomic E-state index is 0.0552. The number of amides is 2. The Morgan fingerprint density at radius 2 is 2.05 bits per heavy atom. The van der Waals surface area contributed by atoms with Gasteiger partial charge in [0.1, 0.15) is 30.0 Å². The number of hydrogen-bond donors (Lipinski definition) is 3. The van der Waals surface area contributed by atoms with E-state index in [4.69, 9.17) is 13.9 Å². The first-order valence-electron chi connectivity index (χ1n) is 13.2. The summed E-state index contributed by atoms with van der Waals surface area (Å²) in [5.74, 6) is -1.74. The Morgan fingerprint density at radius 1 is 1.32 bits per heavy atom. The Labute approximate surface area is 232 Å². The van der Waals surface area contributed by atoms with Crippen LogP contribution in [0.3, 0.4) is 0 Å². The fourth-order valence-corrected chi connectivity index (χ4v) is 5.17. The number of ether oxygens (including phenoxy) is 2. The van der Waals surface area contributed by atoms with Crippen LogP contribution in [0.1, 0.15) is 25.8 Å². The second kappa shape index (κ2) is 12.8. The Morgan fingerprint density at radius 3 is 2.75 bits per heavy atom. The Hall–Kier alpha value is -3.44. The van der Waals surface area contributed by atoms with Gasteiger partial charge in [-0.25, -0.2) is 9.18 Å². The van der Waals surface area contributed by atoms with Crippen LogP contribution >= 0.6 is 0 Å². The fourth-order valence-electron chi connectivity index (χ4n) is 5.17. The van der Waals surface area contributed by atoms with Gasteiger partial charge in [0.25, 0.3) is 5.91 Å². The van der Waals surface area contributed by atoms with Gasteiger partial charge in [-0.1, -0.05) is 18.2 Å². The molecule has 1 aromatic carbocycles. The van der Waals surface area contributed by atoms with E-state index in [0.717, 1.165) is 5.39 Å². The minimum atomic E-state index is -1.89. The number of morpholine rings is 1. The Kier molecular flexibility index (Phi) is 9.47. The fraction of sp³-hybridized carbons (Fsp3) is 0.519. The van der Waals surface area contributed by atoms with E-state index in [0.29, 0.717) is 37.4 Å². The maximum Gasteiger partial charge on any atom is 0.475 e. The molecule has 2 amide bonds. The molecule has 2 aliphatic heterocycles. The van der Waals surface area contributed by atoms with Crippen LogP contribution in [-0.2, 0) is 20.7 Å². The summed E-state index contributed by atoms with van der Waals surface area (Å²) in [4.78, 5) is 29.2. The van der Waals surface area contributed by atoms with Crippen LogP contribution in [0, 0.1) is 11.3 Å². The number of carbonyl (C=O) groups is 2. The van der Waals surface area contributed by atoms with Gasteiger partial charge in [0.2, 0.25) is 0 Å². The second-order valence-electron chi connectivity index (χ2n) is 10.6. The molecular formula is C27H34BFN4O7. The van der Waals surface area contributed by atoms with E-state index < -0.39 is 42.8 Å². The summed E-state index contributed by atoms with van der Waals surface area (Å²) in [7, 11) is -1.89. The van der Waals surface area contributed by atoms with Crippen molar-refractivity contribution in [3.05, 3.63) is 47.7 Å². The topological polar surface area (TPSA) is 148 Å². The quantitative estimate of drug-likeness (QED) is 0.238. The SMILES string of the molecule is CC(C)(C=C(C#N)C(=O)N1C[C@@H](F)C[C@@H]1COC(=O)NC(Cc1coc2ccccc12)B(O)O)N1CCOCC1.